The fourth-order valence-corrected chi connectivity index (χ4v) is 2.78. The summed E-state index contributed by atoms with van der Waals surface area (Å²) >= 11 is 0. The fourth-order valence-electron chi connectivity index (χ4n) is 2.22. The molecule has 0 amide bonds. The van der Waals surface area contributed by atoms with Crippen LogP contribution in [-0.2, 0) is 15.6 Å². The number of hydrogen-bond acceptors (Lipinski definition) is 6. The lowest BCUT2D eigenvalue weighted by Crippen LogP contribution is -2.44. The minimum absolute atomic E-state index is 0.382. The summed E-state index contributed by atoms with van der Waals surface area (Å²) in [6.07, 6.45) is 3.91. The molecule has 1 aromatic heterocycles. The first-order valence-corrected chi connectivity index (χ1v) is 8.46. The molecule has 1 heterocycles. The molecule has 0 radical (unpaired) electrons. The van der Waals surface area contributed by atoms with Gasteiger partial charge >= 0.3 is 0 Å². The Bertz CT molecular complexity index is 748. The van der Waals surface area contributed by atoms with Gasteiger partial charge in [0.05, 0.1) is 11.8 Å². The molecule has 0 spiro atoms. The first-order chi connectivity index (χ1) is 9.86. The highest BCUT2D eigenvalue weighted by Gasteiger charge is 2.39. The van der Waals surface area contributed by atoms with Crippen molar-refractivity contribution in [2.75, 3.05) is 11.0 Å². The van der Waals surface area contributed by atoms with Crippen molar-refractivity contribution in [3.8, 4) is 11.5 Å². The van der Waals surface area contributed by atoms with Crippen LogP contribution in [0.25, 0.3) is 11.5 Å². The van der Waals surface area contributed by atoms with Gasteiger partial charge in [-0.25, -0.2) is 8.42 Å². The third-order valence-electron chi connectivity index (χ3n) is 3.55. The van der Waals surface area contributed by atoms with Gasteiger partial charge in [0.1, 0.15) is 0 Å². The first kappa shape index (κ1) is 14.0. The van der Waals surface area contributed by atoms with E-state index in [1.54, 1.807) is 24.3 Å². The Kier molecular flexibility index (Phi) is 3.22. The van der Waals surface area contributed by atoms with E-state index in [2.05, 4.69) is 14.9 Å². The van der Waals surface area contributed by atoms with Crippen LogP contribution in [-0.4, -0.2) is 24.8 Å². The minimum Gasteiger partial charge on any atom is -0.334 e. The summed E-state index contributed by atoms with van der Waals surface area (Å²) in [7, 11) is -3.28. The van der Waals surface area contributed by atoms with Crippen molar-refractivity contribution in [1.29, 1.82) is 0 Å². The van der Waals surface area contributed by atoms with Crippen LogP contribution in [0.5, 0.6) is 0 Å². The number of nitrogens with one attached hydrogen (secondary N) is 1. The highest BCUT2D eigenvalue weighted by molar-refractivity contribution is 7.92. The molecule has 112 valence electrons. The summed E-state index contributed by atoms with van der Waals surface area (Å²) in [5.74, 6) is 0.912. The highest BCUT2D eigenvalue weighted by Crippen LogP contribution is 2.37. The van der Waals surface area contributed by atoms with Crippen molar-refractivity contribution in [1.82, 2.24) is 10.1 Å². The van der Waals surface area contributed by atoms with Crippen molar-refractivity contribution in [3.05, 3.63) is 30.1 Å². The van der Waals surface area contributed by atoms with E-state index in [9.17, 15) is 8.42 Å². The zero-order valence-electron chi connectivity index (χ0n) is 11.5. The summed E-state index contributed by atoms with van der Waals surface area (Å²) in [4.78, 5) is 4.34. The second kappa shape index (κ2) is 4.81. The second-order valence-corrected chi connectivity index (χ2v) is 7.13. The predicted octanol–water partition coefficient (Wildman–Crippen LogP) is 1.45. The number of nitrogens with two attached hydrogens (primary N) is 1. The van der Waals surface area contributed by atoms with Crippen LogP contribution < -0.4 is 10.5 Å². The van der Waals surface area contributed by atoms with E-state index in [0.29, 0.717) is 17.4 Å². The topological polar surface area (TPSA) is 111 Å². The minimum atomic E-state index is -3.28. The van der Waals surface area contributed by atoms with Crippen LogP contribution in [0, 0.1) is 0 Å². The normalized spacial score (nSPS) is 17.2. The molecule has 0 atom stereocenters. The predicted molar refractivity (Wildman–Crippen MR) is 77.9 cm³/mol. The van der Waals surface area contributed by atoms with Gasteiger partial charge in [0.25, 0.3) is 5.89 Å². The fraction of sp³-hybridized carbons (Fsp3) is 0.385. The molecule has 1 aliphatic carbocycles. The average Bonchev–Trinajstić information content (AvgIpc) is 2.85. The molecular weight excluding hydrogens is 292 g/mol. The van der Waals surface area contributed by atoms with Crippen molar-refractivity contribution in [3.63, 3.8) is 0 Å². The number of hydrogen-bond donors (Lipinski definition) is 2. The Hall–Kier alpha value is -1.93. The van der Waals surface area contributed by atoms with Gasteiger partial charge in [-0.2, -0.15) is 4.98 Å². The molecule has 3 rings (SSSR count). The molecule has 8 heteroatoms. The Balaban J connectivity index is 1.81. The van der Waals surface area contributed by atoms with Gasteiger partial charge in [-0.1, -0.05) is 5.16 Å². The van der Waals surface area contributed by atoms with Crippen molar-refractivity contribution in [2.45, 2.75) is 24.8 Å². The molecule has 0 bridgehead atoms. The largest absolute Gasteiger partial charge is 0.334 e. The molecule has 2 aromatic rings. The maximum Gasteiger partial charge on any atom is 0.257 e. The molecule has 7 nitrogen and oxygen atoms in total. The summed E-state index contributed by atoms with van der Waals surface area (Å²) in [5.41, 5.74) is 6.89. The molecule has 1 fully saturated rings. The van der Waals surface area contributed by atoms with Gasteiger partial charge in [0.2, 0.25) is 10.0 Å². The van der Waals surface area contributed by atoms with Crippen molar-refractivity contribution in [2.24, 2.45) is 5.73 Å². The van der Waals surface area contributed by atoms with Crippen LogP contribution in [0.3, 0.4) is 0 Å². The van der Waals surface area contributed by atoms with Crippen LogP contribution in [0.4, 0.5) is 5.69 Å². The SMILES string of the molecule is CS(=O)(=O)Nc1ccc(-c2nc(C3(N)CCC3)no2)cc1. The van der Waals surface area contributed by atoms with Gasteiger partial charge in [0, 0.05) is 11.3 Å². The molecule has 1 aliphatic rings. The number of benzene rings is 1. The Morgan fingerprint density at radius 1 is 1.29 bits per heavy atom. The molecule has 3 N–H and O–H groups in total. The Morgan fingerprint density at radius 2 is 1.95 bits per heavy atom. The molecule has 0 aliphatic heterocycles. The van der Waals surface area contributed by atoms with E-state index in [-0.39, 0.29) is 0 Å². The van der Waals surface area contributed by atoms with Crippen molar-refractivity contribution >= 4 is 15.7 Å². The van der Waals surface area contributed by atoms with E-state index in [1.165, 1.54) is 0 Å². The molecular formula is C13H16N4O3S. The Labute approximate surface area is 122 Å². The van der Waals surface area contributed by atoms with Crippen LogP contribution >= 0.6 is 0 Å². The van der Waals surface area contributed by atoms with Gasteiger partial charge in [-0.3, -0.25) is 4.72 Å². The van der Waals surface area contributed by atoms with Crippen molar-refractivity contribution < 1.29 is 12.9 Å². The number of sulfonamides is 1. The summed E-state index contributed by atoms with van der Waals surface area (Å²) < 4.78 is 29.9. The smallest absolute Gasteiger partial charge is 0.257 e. The lowest BCUT2D eigenvalue weighted by Gasteiger charge is -2.34. The third-order valence-corrected chi connectivity index (χ3v) is 4.16. The average molecular weight is 308 g/mol. The zero-order chi connectivity index (χ0) is 15.1. The van der Waals surface area contributed by atoms with Gasteiger partial charge in [-0.05, 0) is 43.5 Å². The van der Waals surface area contributed by atoms with Gasteiger partial charge < -0.3 is 10.3 Å². The third kappa shape index (κ3) is 2.91. The monoisotopic (exact) mass is 308 g/mol. The molecule has 0 saturated heterocycles. The van der Waals surface area contributed by atoms with Crippen LogP contribution in [0.1, 0.15) is 25.1 Å². The maximum absolute atomic E-state index is 11.1. The van der Waals surface area contributed by atoms with Gasteiger partial charge in [0.15, 0.2) is 5.82 Å². The Morgan fingerprint density at radius 3 is 2.48 bits per heavy atom. The van der Waals surface area contributed by atoms with E-state index in [0.717, 1.165) is 31.1 Å². The summed E-state index contributed by atoms with van der Waals surface area (Å²) in [6.45, 7) is 0. The number of rotatable bonds is 4. The maximum atomic E-state index is 11.1. The lowest BCUT2D eigenvalue weighted by molar-refractivity contribution is 0.229. The zero-order valence-corrected chi connectivity index (χ0v) is 12.4. The first-order valence-electron chi connectivity index (χ1n) is 6.57. The lowest BCUT2D eigenvalue weighted by atomic mass is 9.77. The molecule has 1 aromatic carbocycles. The summed E-state index contributed by atoms with van der Waals surface area (Å²) in [6, 6.07) is 6.72. The summed E-state index contributed by atoms with van der Waals surface area (Å²) in [5, 5.41) is 3.95. The van der Waals surface area contributed by atoms with E-state index in [1.807, 2.05) is 0 Å². The van der Waals surface area contributed by atoms with Crippen LogP contribution in [0.15, 0.2) is 28.8 Å². The van der Waals surface area contributed by atoms with E-state index in [4.69, 9.17) is 10.3 Å². The van der Waals surface area contributed by atoms with Gasteiger partial charge in [-0.15, -0.1) is 0 Å². The van der Waals surface area contributed by atoms with E-state index >= 15 is 0 Å². The quantitative estimate of drug-likeness (QED) is 0.884. The molecule has 21 heavy (non-hydrogen) atoms. The van der Waals surface area contributed by atoms with Crippen LogP contribution in [0.2, 0.25) is 0 Å². The standard InChI is InChI=1S/C13H16N4O3S/c1-21(18,19)17-10-5-3-9(4-6-10)11-15-12(16-20-11)13(14)7-2-8-13/h3-6,17H,2,7-8,14H2,1H3. The molecule has 1 saturated carbocycles. The number of nitrogens with zero attached hydrogens (tertiary/aromatic N) is 2. The molecule has 0 unspecified atom stereocenters. The second-order valence-electron chi connectivity index (χ2n) is 5.38. The highest BCUT2D eigenvalue weighted by atomic mass is 32.2. The van der Waals surface area contributed by atoms with E-state index < -0.39 is 15.6 Å². The number of aromatic nitrogens is 2. The number of anilines is 1.